The Morgan fingerprint density at radius 2 is 1.77 bits per heavy atom. The number of rotatable bonds is 4. The van der Waals surface area contributed by atoms with E-state index in [1.807, 2.05) is 0 Å². The molecule has 4 fully saturated rings. The summed E-state index contributed by atoms with van der Waals surface area (Å²) >= 11 is 0. The fourth-order valence-electron chi connectivity index (χ4n) is 9.07. The van der Waals surface area contributed by atoms with Gasteiger partial charge in [0.15, 0.2) is 0 Å². The van der Waals surface area contributed by atoms with Gasteiger partial charge in [-0.25, -0.2) is 0 Å². The maximum absolute atomic E-state index is 11.6. The summed E-state index contributed by atoms with van der Waals surface area (Å²) in [5.74, 6) is 3.21. The van der Waals surface area contributed by atoms with Crippen molar-refractivity contribution in [1.82, 2.24) is 0 Å². The molecule has 172 valence electrons. The van der Waals surface area contributed by atoms with Gasteiger partial charge in [0.2, 0.25) is 0 Å². The van der Waals surface area contributed by atoms with Gasteiger partial charge in [0.05, 0.1) is 17.8 Å². The first-order chi connectivity index (χ1) is 14.0. The summed E-state index contributed by atoms with van der Waals surface area (Å²) in [5, 5.41) is 33.0. The van der Waals surface area contributed by atoms with Gasteiger partial charge in [0.1, 0.15) is 0 Å². The summed E-state index contributed by atoms with van der Waals surface area (Å²) < 4.78 is 0. The molecule has 0 unspecified atom stereocenters. The summed E-state index contributed by atoms with van der Waals surface area (Å²) in [6.45, 7) is 11.7. The van der Waals surface area contributed by atoms with Crippen molar-refractivity contribution in [3.8, 4) is 0 Å². The molecule has 4 rings (SSSR count). The third kappa shape index (κ3) is 3.33. The SMILES string of the molecule is CC(C)=CCC[C@@H](C)[C@H]1CC[C@H]2[C@@H]3C[C@@H](O)[C@@]4(O)C[C@@H](O)CC[C@]4(C)[C@H]3CC[C@]12C. The normalized spacial score (nSPS) is 51.5. The Hall–Kier alpha value is -0.380. The minimum absolute atomic E-state index is 0.261. The predicted molar refractivity (Wildman–Crippen MR) is 122 cm³/mol. The third-order valence-electron chi connectivity index (χ3n) is 10.8. The van der Waals surface area contributed by atoms with Gasteiger partial charge < -0.3 is 15.3 Å². The number of aliphatic hydroxyl groups excluding tert-OH is 2. The van der Waals surface area contributed by atoms with Crippen molar-refractivity contribution in [2.75, 3.05) is 0 Å². The van der Waals surface area contributed by atoms with Crippen LogP contribution in [0.5, 0.6) is 0 Å². The van der Waals surface area contributed by atoms with Gasteiger partial charge in [0, 0.05) is 11.8 Å². The first-order valence-corrected chi connectivity index (χ1v) is 12.7. The molecule has 4 saturated carbocycles. The van der Waals surface area contributed by atoms with Crippen molar-refractivity contribution in [2.45, 2.75) is 117 Å². The van der Waals surface area contributed by atoms with Gasteiger partial charge in [-0.15, -0.1) is 0 Å². The van der Waals surface area contributed by atoms with Crippen molar-refractivity contribution in [3.63, 3.8) is 0 Å². The predicted octanol–water partition coefficient (Wildman–Crippen LogP) is 5.47. The van der Waals surface area contributed by atoms with E-state index in [4.69, 9.17) is 0 Å². The molecule has 0 aliphatic heterocycles. The number of fused-ring (bicyclic) bond motifs is 5. The Morgan fingerprint density at radius 1 is 1.03 bits per heavy atom. The summed E-state index contributed by atoms with van der Waals surface area (Å²) in [6, 6.07) is 0. The first-order valence-electron chi connectivity index (χ1n) is 12.7. The molecule has 0 spiro atoms. The van der Waals surface area contributed by atoms with Crippen LogP contribution in [0.4, 0.5) is 0 Å². The van der Waals surface area contributed by atoms with Crippen LogP contribution in [0.2, 0.25) is 0 Å². The van der Waals surface area contributed by atoms with Crippen LogP contribution in [0.25, 0.3) is 0 Å². The largest absolute Gasteiger partial charge is 0.393 e. The standard InChI is InChI=1S/C27H46O3/c1-17(2)7-6-8-18(3)21-9-10-22-20-15-24(29)27(30)16-19(28)11-14-26(27,5)23(20)12-13-25(21,22)4/h7,18-24,28-30H,6,8-16H2,1-5H3/t18-,19+,20+,21-,22+,23+,24-,25-,26-,27+/m1/s1. The van der Waals surface area contributed by atoms with Gasteiger partial charge in [-0.1, -0.05) is 32.4 Å². The van der Waals surface area contributed by atoms with E-state index in [9.17, 15) is 15.3 Å². The van der Waals surface area contributed by atoms with Crippen molar-refractivity contribution in [2.24, 2.45) is 40.4 Å². The molecule has 10 atom stereocenters. The molecule has 4 aliphatic rings. The highest BCUT2D eigenvalue weighted by Gasteiger charge is 2.67. The molecule has 0 saturated heterocycles. The summed E-state index contributed by atoms with van der Waals surface area (Å²) in [4.78, 5) is 0. The number of hydrogen-bond donors (Lipinski definition) is 3. The lowest BCUT2D eigenvalue weighted by atomic mass is 9.42. The highest BCUT2D eigenvalue weighted by Crippen LogP contribution is 2.69. The van der Waals surface area contributed by atoms with Gasteiger partial charge in [0.25, 0.3) is 0 Å². The average molecular weight is 419 g/mol. The minimum Gasteiger partial charge on any atom is -0.393 e. The van der Waals surface area contributed by atoms with Crippen LogP contribution < -0.4 is 0 Å². The topological polar surface area (TPSA) is 60.7 Å². The van der Waals surface area contributed by atoms with Crippen LogP contribution >= 0.6 is 0 Å². The summed E-state index contributed by atoms with van der Waals surface area (Å²) in [5.41, 5.74) is 0.427. The second kappa shape index (κ2) is 7.89. The molecule has 4 aliphatic carbocycles. The minimum atomic E-state index is -1.12. The van der Waals surface area contributed by atoms with E-state index >= 15 is 0 Å². The molecule has 0 heterocycles. The number of allylic oxidation sites excluding steroid dienone is 2. The molecule has 0 amide bonds. The molecule has 30 heavy (non-hydrogen) atoms. The van der Waals surface area contributed by atoms with E-state index in [0.29, 0.717) is 29.6 Å². The molecule has 3 heteroatoms. The fourth-order valence-corrected chi connectivity index (χ4v) is 9.07. The average Bonchev–Trinajstić information content (AvgIpc) is 3.01. The van der Waals surface area contributed by atoms with Crippen molar-refractivity contribution < 1.29 is 15.3 Å². The van der Waals surface area contributed by atoms with Crippen LogP contribution in [0.1, 0.15) is 98.8 Å². The van der Waals surface area contributed by atoms with E-state index in [2.05, 4.69) is 40.7 Å². The lowest BCUT2D eigenvalue weighted by Gasteiger charge is -2.65. The molecule has 0 aromatic rings. The van der Waals surface area contributed by atoms with E-state index < -0.39 is 17.8 Å². The zero-order valence-electron chi connectivity index (χ0n) is 20.0. The molecular weight excluding hydrogens is 372 g/mol. The quantitative estimate of drug-likeness (QED) is 0.530. The Morgan fingerprint density at radius 3 is 2.47 bits per heavy atom. The van der Waals surface area contributed by atoms with Gasteiger partial charge >= 0.3 is 0 Å². The van der Waals surface area contributed by atoms with Gasteiger partial charge in [-0.05, 0) is 107 Å². The zero-order chi connectivity index (χ0) is 21.9. The lowest BCUT2D eigenvalue weighted by molar-refractivity contribution is -0.264. The fraction of sp³-hybridized carbons (Fsp3) is 0.926. The highest BCUT2D eigenvalue weighted by atomic mass is 16.3. The van der Waals surface area contributed by atoms with Crippen molar-refractivity contribution in [1.29, 1.82) is 0 Å². The van der Waals surface area contributed by atoms with Crippen LogP contribution in [-0.4, -0.2) is 33.1 Å². The summed E-state index contributed by atoms with van der Waals surface area (Å²) in [7, 11) is 0. The number of hydrogen-bond acceptors (Lipinski definition) is 3. The van der Waals surface area contributed by atoms with Crippen LogP contribution in [-0.2, 0) is 0 Å². The smallest absolute Gasteiger partial charge is 0.0985 e. The van der Waals surface area contributed by atoms with E-state index in [-0.39, 0.29) is 5.41 Å². The van der Waals surface area contributed by atoms with E-state index in [1.54, 1.807) is 0 Å². The maximum Gasteiger partial charge on any atom is 0.0985 e. The van der Waals surface area contributed by atoms with Crippen molar-refractivity contribution >= 4 is 0 Å². The zero-order valence-corrected chi connectivity index (χ0v) is 20.0. The van der Waals surface area contributed by atoms with E-state index in [0.717, 1.165) is 31.1 Å². The molecule has 0 aromatic carbocycles. The van der Waals surface area contributed by atoms with Crippen LogP contribution in [0.15, 0.2) is 11.6 Å². The van der Waals surface area contributed by atoms with Crippen LogP contribution in [0.3, 0.4) is 0 Å². The second-order valence-electron chi connectivity index (χ2n) is 12.4. The molecule has 0 aromatic heterocycles. The third-order valence-corrected chi connectivity index (χ3v) is 10.8. The second-order valence-corrected chi connectivity index (χ2v) is 12.4. The molecular formula is C27H46O3. The van der Waals surface area contributed by atoms with Gasteiger partial charge in [-0.2, -0.15) is 0 Å². The Bertz CT molecular complexity index is 669. The lowest BCUT2D eigenvalue weighted by Crippen LogP contribution is -2.68. The highest BCUT2D eigenvalue weighted by molar-refractivity contribution is 5.17. The van der Waals surface area contributed by atoms with Crippen molar-refractivity contribution in [3.05, 3.63) is 11.6 Å². The first kappa shape index (κ1) is 22.8. The molecule has 3 nitrogen and oxygen atoms in total. The summed E-state index contributed by atoms with van der Waals surface area (Å²) in [6.07, 6.45) is 11.4. The maximum atomic E-state index is 11.6. The van der Waals surface area contributed by atoms with E-state index in [1.165, 1.54) is 44.1 Å². The molecule has 3 N–H and O–H groups in total. The Balaban J connectivity index is 1.55. The Kier molecular flexibility index (Phi) is 5.99. The van der Waals surface area contributed by atoms with Gasteiger partial charge in [-0.3, -0.25) is 0 Å². The molecule has 0 bridgehead atoms. The number of aliphatic hydroxyl groups is 3. The monoisotopic (exact) mass is 418 g/mol. The van der Waals surface area contributed by atoms with Crippen LogP contribution in [0, 0.1) is 40.4 Å². The Labute approximate surface area is 184 Å². The molecule has 0 radical (unpaired) electrons.